The first-order valence-corrected chi connectivity index (χ1v) is 12.6. The number of hydrogen-bond donors (Lipinski definition) is 1. The molecule has 0 spiro atoms. The summed E-state index contributed by atoms with van der Waals surface area (Å²) >= 11 is 4.82. The molecule has 0 bridgehead atoms. The first kappa shape index (κ1) is 26.0. The fourth-order valence-electron chi connectivity index (χ4n) is 4.75. The van der Waals surface area contributed by atoms with E-state index in [0.717, 1.165) is 35.3 Å². The van der Waals surface area contributed by atoms with Crippen molar-refractivity contribution < 1.29 is 23.0 Å². The standard InChI is InChI=1S/C27H26ClF2N5O3/c1-16(2)35-24-22(19-13-31-15-32-14-19)11-18(12-23(24)34-25(35)17-7-9-37-10-8-17)26(36)33-20-3-5-21(6-4-20)38-27(28,29)30/h3-6,11-17H,7-10H2,1-2H3,(H,33,36). The molecule has 198 valence electrons. The lowest BCUT2D eigenvalue weighted by Gasteiger charge is -2.24. The lowest BCUT2D eigenvalue weighted by atomic mass is 9.99. The first-order chi connectivity index (χ1) is 18.2. The van der Waals surface area contributed by atoms with Gasteiger partial charge in [-0.1, -0.05) is 0 Å². The minimum Gasteiger partial charge on any atom is -0.420 e. The third-order valence-electron chi connectivity index (χ3n) is 6.39. The number of fused-ring (bicyclic) bond motifs is 1. The average molecular weight is 542 g/mol. The van der Waals surface area contributed by atoms with Gasteiger partial charge >= 0.3 is 5.57 Å². The summed E-state index contributed by atoms with van der Waals surface area (Å²) in [6, 6.07) is 9.20. The summed E-state index contributed by atoms with van der Waals surface area (Å²) < 4.78 is 37.9. The van der Waals surface area contributed by atoms with Crippen LogP contribution in [-0.4, -0.2) is 44.2 Å². The summed E-state index contributed by atoms with van der Waals surface area (Å²) in [6.07, 6.45) is 6.63. The van der Waals surface area contributed by atoms with Gasteiger partial charge in [0.25, 0.3) is 5.91 Å². The Balaban J connectivity index is 1.56. The number of halogens is 3. The zero-order valence-electron chi connectivity index (χ0n) is 20.8. The zero-order chi connectivity index (χ0) is 26.9. The molecule has 0 atom stereocenters. The normalized spacial score (nSPS) is 14.7. The summed E-state index contributed by atoms with van der Waals surface area (Å²) in [7, 11) is 0. The molecule has 5 rings (SSSR count). The first-order valence-electron chi connectivity index (χ1n) is 12.3. The van der Waals surface area contributed by atoms with Gasteiger partial charge in [0.15, 0.2) is 0 Å². The Morgan fingerprint density at radius 1 is 1.16 bits per heavy atom. The second-order valence-electron chi connectivity index (χ2n) is 9.37. The SMILES string of the molecule is CC(C)n1c(C2CCOCC2)nc2cc(C(=O)Nc3ccc(OC(F)(F)Cl)cc3)cc(-c3cncnc3)c21. The Bertz CT molecular complexity index is 1430. The quantitative estimate of drug-likeness (QED) is 0.273. The molecule has 1 aliphatic heterocycles. The van der Waals surface area contributed by atoms with Crippen molar-refractivity contribution in [2.75, 3.05) is 18.5 Å². The Kier molecular flexibility index (Phi) is 7.27. The average Bonchev–Trinajstić information content (AvgIpc) is 3.29. The Hall–Kier alpha value is -3.63. The summed E-state index contributed by atoms with van der Waals surface area (Å²) in [5, 5.41) is 2.80. The number of nitrogens with one attached hydrogen (secondary N) is 1. The predicted octanol–water partition coefficient (Wildman–Crippen LogP) is 6.39. The van der Waals surface area contributed by atoms with Crippen LogP contribution >= 0.6 is 11.6 Å². The fourth-order valence-corrected chi connectivity index (χ4v) is 4.84. The molecular weight excluding hydrogens is 516 g/mol. The summed E-state index contributed by atoms with van der Waals surface area (Å²) in [6.45, 7) is 5.60. The molecule has 4 aromatic rings. The van der Waals surface area contributed by atoms with Crippen LogP contribution in [0.3, 0.4) is 0 Å². The van der Waals surface area contributed by atoms with Crippen molar-refractivity contribution >= 4 is 34.2 Å². The highest BCUT2D eigenvalue weighted by Crippen LogP contribution is 2.37. The highest BCUT2D eigenvalue weighted by atomic mass is 35.5. The van der Waals surface area contributed by atoms with Crippen LogP contribution in [0.2, 0.25) is 0 Å². The third-order valence-corrected chi connectivity index (χ3v) is 6.47. The van der Waals surface area contributed by atoms with E-state index in [0.29, 0.717) is 30.0 Å². The number of anilines is 1. The summed E-state index contributed by atoms with van der Waals surface area (Å²) in [5.41, 5.74) is 0.130. The van der Waals surface area contributed by atoms with Gasteiger partial charge in [0, 0.05) is 71.5 Å². The maximum Gasteiger partial charge on any atom is 0.487 e. The van der Waals surface area contributed by atoms with Gasteiger partial charge in [0.05, 0.1) is 11.0 Å². The van der Waals surface area contributed by atoms with Crippen molar-refractivity contribution in [2.24, 2.45) is 0 Å². The van der Waals surface area contributed by atoms with E-state index in [1.54, 1.807) is 24.5 Å². The zero-order valence-corrected chi connectivity index (χ0v) is 21.6. The Labute approximate surface area is 223 Å². The van der Waals surface area contributed by atoms with Crippen LogP contribution in [-0.2, 0) is 4.74 Å². The molecule has 3 heterocycles. The molecule has 1 fully saturated rings. The molecule has 1 amide bonds. The molecular formula is C27H26ClF2N5O3. The van der Waals surface area contributed by atoms with Gasteiger partial charge in [0.1, 0.15) is 17.9 Å². The summed E-state index contributed by atoms with van der Waals surface area (Å²) in [5.74, 6) is 0.709. The lowest BCUT2D eigenvalue weighted by Crippen LogP contribution is -2.19. The van der Waals surface area contributed by atoms with Gasteiger partial charge < -0.3 is 19.4 Å². The largest absolute Gasteiger partial charge is 0.487 e. The van der Waals surface area contributed by atoms with Gasteiger partial charge in [-0.05, 0) is 63.1 Å². The van der Waals surface area contributed by atoms with Gasteiger partial charge in [-0.25, -0.2) is 15.0 Å². The summed E-state index contributed by atoms with van der Waals surface area (Å²) in [4.78, 5) is 26.7. The molecule has 11 heteroatoms. The highest BCUT2D eigenvalue weighted by Gasteiger charge is 2.28. The van der Waals surface area contributed by atoms with Crippen molar-refractivity contribution in [3.63, 3.8) is 0 Å². The van der Waals surface area contributed by atoms with Crippen LogP contribution in [0, 0.1) is 0 Å². The van der Waals surface area contributed by atoms with E-state index in [1.807, 2.05) is 0 Å². The molecule has 0 radical (unpaired) electrons. The molecule has 1 aliphatic rings. The number of carbonyl (C=O) groups excluding carboxylic acids is 1. The maximum atomic E-state index is 13.3. The van der Waals surface area contributed by atoms with Gasteiger partial charge in [-0.2, -0.15) is 0 Å². The van der Waals surface area contributed by atoms with E-state index in [2.05, 4.69) is 38.4 Å². The number of ether oxygens (including phenoxy) is 2. The maximum absolute atomic E-state index is 13.3. The molecule has 2 aromatic carbocycles. The number of benzene rings is 2. The number of aromatic nitrogens is 4. The fraction of sp³-hybridized carbons (Fsp3) is 0.333. The minimum atomic E-state index is -3.82. The number of hydrogen-bond acceptors (Lipinski definition) is 6. The van der Waals surface area contributed by atoms with Crippen molar-refractivity contribution in [2.45, 2.75) is 44.2 Å². The second kappa shape index (κ2) is 10.6. The van der Waals surface area contributed by atoms with Crippen LogP contribution < -0.4 is 10.1 Å². The number of carbonyl (C=O) groups is 1. The number of amides is 1. The second-order valence-corrected chi connectivity index (χ2v) is 9.81. The van der Waals surface area contributed by atoms with Crippen LogP contribution in [0.5, 0.6) is 5.75 Å². The number of rotatable bonds is 7. The van der Waals surface area contributed by atoms with E-state index < -0.39 is 5.57 Å². The van der Waals surface area contributed by atoms with Crippen molar-refractivity contribution in [3.05, 3.63) is 66.5 Å². The molecule has 0 aliphatic carbocycles. The molecule has 1 saturated heterocycles. The van der Waals surface area contributed by atoms with Crippen molar-refractivity contribution in [1.82, 2.24) is 19.5 Å². The van der Waals surface area contributed by atoms with Crippen molar-refractivity contribution in [3.8, 4) is 16.9 Å². The monoisotopic (exact) mass is 541 g/mol. The molecule has 2 aromatic heterocycles. The van der Waals surface area contributed by atoms with Crippen LogP contribution in [0.25, 0.3) is 22.2 Å². The van der Waals surface area contributed by atoms with E-state index in [4.69, 9.17) is 21.3 Å². The molecule has 0 saturated carbocycles. The molecule has 0 unspecified atom stereocenters. The van der Waals surface area contributed by atoms with E-state index >= 15 is 0 Å². The van der Waals surface area contributed by atoms with E-state index in [9.17, 15) is 13.6 Å². The molecule has 8 nitrogen and oxygen atoms in total. The topological polar surface area (TPSA) is 91.2 Å². The number of nitrogens with zero attached hydrogens (tertiary/aromatic N) is 4. The van der Waals surface area contributed by atoms with Gasteiger partial charge in [0.2, 0.25) is 0 Å². The van der Waals surface area contributed by atoms with E-state index in [-0.39, 0.29) is 23.6 Å². The van der Waals surface area contributed by atoms with Crippen molar-refractivity contribution in [1.29, 1.82) is 0 Å². The van der Waals surface area contributed by atoms with Crippen LogP contribution in [0.4, 0.5) is 14.5 Å². The minimum absolute atomic E-state index is 0.127. The van der Waals surface area contributed by atoms with Gasteiger partial charge in [-0.15, -0.1) is 8.78 Å². The lowest BCUT2D eigenvalue weighted by molar-refractivity contribution is -0.0964. The smallest absolute Gasteiger partial charge is 0.420 e. The van der Waals surface area contributed by atoms with E-state index in [1.165, 1.54) is 30.6 Å². The van der Waals surface area contributed by atoms with Crippen LogP contribution in [0.15, 0.2) is 55.1 Å². The third kappa shape index (κ3) is 5.61. The molecule has 1 N–H and O–H groups in total. The Morgan fingerprint density at radius 2 is 1.84 bits per heavy atom. The number of imidazole rings is 1. The Morgan fingerprint density at radius 3 is 2.47 bits per heavy atom. The number of alkyl halides is 3. The van der Waals surface area contributed by atoms with Gasteiger partial charge in [-0.3, -0.25) is 4.79 Å². The van der Waals surface area contributed by atoms with Crippen LogP contribution in [0.1, 0.15) is 54.8 Å². The highest BCUT2D eigenvalue weighted by molar-refractivity contribution is 6.20. The molecule has 38 heavy (non-hydrogen) atoms. The predicted molar refractivity (Wildman–Crippen MR) is 140 cm³/mol.